The zero-order valence-corrected chi connectivity index (χ0v) is 14.2. The molecule has 2 fully saturated rings. The molecule has 5 heteroatoms. The summed E-state index contributed by atoms with van der Waals surface area (Å²) in [7, 11) is -2.85. The summed E-state index contributed by atoms with van der Waals surface area (Å²) in [4.78, 5) is 2.51. The van der Waals surface area contributed by atoms with Crippen LogP contribution in [0.15, 0.2) is 0 Å². The maximum Gasteiger partial charge on any atom is 0.152 e. The van der Waals surface area contributed by atoms with Gasteiger partial charge in [0, 0.05) is 30.2 Å². The van der Waals surface area contributed by atoms with E-state index >= 15 is 0 Å². The summed E-state index contributed by atoms with van der Waals surface area (Å²) < 4.78 is 23.9. The average molecular weight is 302 g/mol. The number of rotatable bonds is 4. The van der Waals surface area contributed by atoms with Crippen LogP contribution < -0.4 is 5.32 Å². The molecule has 2 aliphatic heterocycles. The monoisotopic (exact) mass is 302 g/mol. The Balaban J connectivity index is 2.26. The highest BCUT2D eigenvalue weighted by atomic mass is 32.2. The third-order valence-corrected chi connectivity index (χ3v) is 7.52. The van der Waals surface area contributed by atoms with Crippen LogP contribution >= 0.6 is 0 Å². The first-order valence-corrected chi connectivity index (χ1v) is 9.84. The van der Waals surface area contributed by atoms with Gasteiger partial charge in [0.15, 0.2) is 9.84 Å². The molecule has 20 heavy (non-hydrogen) atoms. The fourth-order valence-electron chi connectivity index (χ4n) is 3.90. The van der Waals surface area contributed by atoms with Gasteiger partial charge in [-0.15, -0.1) is 0 Å². The van der Waals surface area contributed by atoms with Gasteiger partial charge >= 0.3 is 0 Å². The van der Waals surface area contributed by atoms with Crippen LogP contribution in [0.3, 0.4) is 0 Å². The van der Waals surface area contributed by atoms with E-state index in [2.05, 4.69) is 37.9 Å². The minimum Gasteiger partial charge on any atom is -0.308 e. The summed E-state index contributed by atoms with van der Waals surface area (Å²) in [5.74, 6) is 0.690. The van der Waals surface area contributed by atoms with E-state index in [1.807, 2.05) is 0 Å². The second kappa shape index (κ2) is 5.58. The summed E-state index contributed by atoms with van der Waals surface area (Å²) in [5.41, 5.74) is -0.0156. The Bertz CT molecular complexity index is 445. The van der Waals surface area contributed by atoms with Gasteiger partial charge in [0.05, 0.1) is 11.5 Å². The molecule has 0 aliphatic carbocycles. The molecule has 0 aromatic carbocycles. The highest BCUT2D eigenvalue weighted by molar-refractivity contribution is 7.91. The van der Waals surface area contributed by atoms with Gasteiger partial charge in [-0.05, 0) is 32.6 Å². The zero-order valence-electron chi connectivity index (χ0n) is 13.4. The molecule has 0 radical (unpaired) electrons. The number of nitrogens with one attached hydrogen (secondary N) is 1. The third-order valence-electron chi connectivity index (χ3n) is 5.63. The molecule has 0 aromatic rings. The lowest BCUT2D eigenvalue weighted by Crippen LogP contribution is -2.68. The van der Waals surface area contributed by atoms with Crippen molar-refractivity contribution in [2.24, 2.45) is 0 Å². The second-order valence-electron chi connectivity index (χ2n) is 6.90. The van der Waals surface area contributed by atoms with Crippen LogP contribution in [0.1, 0.15) is 53.4 Å². The summed E-state index contributed by atoms with van der Waals surface area (Å²) >= 11 is 0. The standard InChI is InChI=1S/C15H30N2O2S/c1-5-13-10-16-15(6-2,7-3)11-17(13)14(4)8-9-20(18,19)12-14/h13,16H,5-12H2,1-4H3. The average Bonchev–Trinajstić information content (AvgIpc) is 2.73. The Morgan fingerprint density at radius 1 is 1.25 bits per heavy atom. The van der Waals surface area contributed by atoms with E-state index in [-0.39, 0.29) is 11.1 Å². The lowest BCUT2D eigenvalue weighted by atomic mass is 9.84. The zero-order chi connectivity index (χ0) is 15.0. The van der Waals surface area contributed by atoms with Gasteiger partial charge in [-0.25, -0.2) is 8.42 Å². The molecule has 0 aromatic heterocycles. The fourth-order valence-corrected chi connectivity index (χ4v) is 6.05. The van der Waals surface area contributed by atoms with Crippen LogP contribution in [-0.2, 0) is 9.84 Å². The molecule has 2 aliphatic rings. The van der Waals surface area contributed by atoms with Crippen LogP contribution in [0.2, 0.25) is 0 Å². The first kappa shape index (κ1) is 16.2. The van der Waals surface area contributed by atoms with Gasteiger partial charge in [0.2, 0.25) is 0 Å². The van der Waals surface area contributed by atoms with Crippen LogP contribution in [0, 0.1) is 0 Å². The van der Waals surface area contributed by atoms with Crippen LogP contribution in [0.4, 0.5) is 0 Å². The van der Waals surface area contributed by atoms with E-state index < -0.39 is 9.84 Å². The van der Waals surface area contributed by atoms with E-state index in [0.717, 1.165) is 38.8 Å². The van der Waals surface area contributed by atoms with Crippen molar-refractivity contribution >= 4 is 9.84 Å². The van der Waals surface area contributed by atoms with Crippen LogP contribution in [0.5, 0.6) is 0 Å². The molecule has 0 spiro atoms. The van der Waals surface area contributed by atoms with Gasteiger partial charge in [0.25, 0.3) is 0 Å². The van der Waals surface area contributed by atoms with Gasteiger partial charge in [0.1, 0.15) is 0 Å². The minimum absolute atomic E-state index is 0.154. The van der Waals surface area contributed by atoms with Crippen molar-refractivity contribution in [2.45, 2.75) is 70.5 Å². The van der Waals surface area contributed by atoms with Gasteiger partial charge in [-0.2, -0.15) is 0 Å². The number of nitrogens with zero attached hydrogens (tertiary/aromatic N) is 1. The largest absolute Gasteiger partial charge is 0.308 e. The van der Waals surface area contributed by atoms with E-state index in [0.29, 0.717) is 17.5 Å². The predicted molar refractivity (Wildman–Crippen MR) is 83.8 cm³/mol. The Morgan fingerprint density at radius 3 is 2.35 bits per heavy atom. The van der Waals surface area contributed by atoms with E-state index in [1.54, 1.807) is 0 Å². The molecule has 0 saturated carbocycles. The highest BCUT2D eigenvalue weighted by Crippen LogP contribution is 2.36. The van der Waals surface area contributed by atoms with Crippen molar-refractivity contribution < 1.29 is 8.42 Å². The first-order valence-electron chi connectivity index (χ1n) is 8.02. The SMILES string of the molecule is CCC1CNC(CC)(CC)CN1C1(C)CCS(=O)(=O)C1. The lowest BCUT2D eigenvalue weighted by molar-refractivity contribution is -0.00148. The van der Waals surface area contributed by atoms with Crippen molar-refractivity contribution in [3.8, 4) is 0 Å². The first-order chi connectivity index (χ1) is 9.30. The van der Waals surface area contributed by atoms with Crippen molar-refractivity contribution in [3.63, 3.8) is 0 Å². The normalized spacial score (nSPS) is 37.1. The van der Waals surface area contributed by atoms with E-state index in [9.17, 15) is 8.42 Å². The molecule has 2 heterocycles. The molecule has 0 bridgehead atoms. The molecular formula is C15H30N2O2S. The highest BCUT2D eigenvalue weighted by Gasteiger charge is 2.49. The van der Waals surface area contributed by atoms with Gasteiger partial charge in [-0.3, -0.25) is 4.90 Å². The smallest absolute Gasteiger partial charge is 0.152 e. The summed E-state index contributed by atoms with van der Waals surface area (Å²) in [6.45, 7) is 10.8. The molecule has 118 valence electrons. The predicted octanol–water partition coefficient (Wildman–Crippen LogP) is 1.81. The molecule has 1 N–H and O–H groups in total. The lowest BCUT2D eigenvalue weighted by Gasteiger charge is -2.53. The molecule has 2 saturated heterocycles. The van der Waals surface area contributed by atoms with Crippen molar-refractivity contribution in [2.75, 3.05) is 24.6 Å². The Hall–Kier alpha value is -0.130. The third kappa shape index (κ3) is 2.90. The maximum atomic E-state index is 11.9. The summed E-state index contributed by atoms with van der Waals surface area (Å²) in [6, 6.07) is 0.458. The molecule has 2 rings (SSSR count). The number of sulfone groups is 1. The molecule has 2 atom stereocenters. The molecule has 0 amide bonds. The Labute approximate surface area is 124 Å². The summed E-state index contributed by atoms with van der Waals surface area (Å²) in [6.07, 6.45) is 4.06. The number of hydrogen-bond acceptors (Lipinski definition) is 4. The quantitative estimate of drug-likeness (QED) is 0.860. The number of hydrogen-bond donors (Lipinski definition) is 1. The van der Waals surface area contributed by atoms with Crippen molar-refractivity contribution in [3.05, 3.63) is 0 Å². The molecule has 4 nitrogen and oxygen atoms in total. The van der Waals surface area contributed by atoms with Crippen molar-refractivity contribution in [1.82, 2.24) is 10.2 Å². The van der Waals surface area contributed by atoms with Crippen LogP contribution in [0.25, 0.3) is 0 Å². The van der Waals surface area contributed by atoms with Gasteiger partial charge in [-0.1, -0.05) is 20.8 Å². The van der Waals surface area contributed by atoms with E-state index in [4.69, 9.17) is 0 Å². The van der Waals surface area contributed by atoms with Gasteiger partial charge < -0.3 is 5.32 Å². The topological polar surface area (TPSA) is 49.4 Å². The fraction of sp³-hybridized carbons (Fsp3) is 1.00. The number of piperazine rings is 1. The second-order valence-corrected chi connectivity index (χ2v) is 9.08. The van der Waals surface area contributed by atoms with Crippen molar-refractivity contribution in [1.29, 1.82) is 0 Å². The summed E-state index contributed by atoms with van der Waals surface area (Å²) in [5, 5.41) is 3.73. The van der Waals surface area contributed by atoms with Crippen LogP contribution in [-0.4, -0.2) is 55.0 Å². The Kier molecular flexibility index (Phi) is 4.53. The Morgan fingerprint density at radius 2 is 1.90 bits per heavy atom. The molecular weight excluding hydrogens is 272 g/mol. The van der Waals surface area contributed by atoms with E-state index in [1.165, 1.54) is 0 Å². The molecule has 2 unspecified atom stereocenters. The maximum absolute atomic E-state index is 11.9. The minimum atomic E-state index is -2.85.